The van der Waals surface area contributed by atoms with Gasteiger partial charge in [-0.25, -0.2) is 0 Å². The first-order valence-corrected chi connectivity index (χ1v) is 7.60. The average molecular weight is 375 g/mol. The van der Waals surface area contributed by atoms with Gasteiger partial charge in [-0.15, -0.1) is 0 Å². The van der Waals surface area contributed by atoms with E-state index in [-0.39, 0.29) is 12.5 Å². The van der Waals surface area contributed by atoms with Crippen molar-refractivity contribution in [2.24, 2.45) is 0 Å². The van der Waals surface area contributed by atoms with Crippen molar-refractivity contribution in [2.45, 2.75) is 19.8 Å². The Morgan fingerprint density at radius 3 is 3.05 bits per heavy atom. The topological polar surface area (TPSA) is 38.8 Å². The number of benzene rings is 1. The predicted molar refractivity (Wildman–Crippen MR) is 82.7 cm³/mol. The molecule has 1 aliphatic rings. The number of unbranched alkanes of at least 4 members (excludes halogenated alkanes) is 1. The van der Waals surface area contributed by atoms with Crippen LogP contribution in [0.25, 0.3) is 0 Å². The lowest BCUT2D eigenvalue weighted by Crippen LogP contribution is -2.40. The van der Waals surface area contributed by atoms with Crippen LogP contribution in [0.5, 0.6) is 5.75 Å². The number of nitrogens with zero attached hydrogens (tertiary/aromatic N) is 1. The van der Waals surface area contributed by atoms with Gasteiger partial charge in [0.1, 0.15) is 5.75 Å². The van der Waals surface area contributed by atoms with Gasteiger partial charge < -0.3 is 14.4 Å². The Balaban J connectivity index is 1.98. The maximum absolute atomic E-state index is 11.9. The van der Waals surface area contributed by atoms with Gasteiger partial charge in [-0.3, -0.25) is 4.79 Å². The zero-order valence-electron chi connectivity index (χ0n) is 11.0. The summed E-state index contributed by atoms with van der Waals surface area (Å²) in [6.07, 6.45) is 2.18. The Hall–Kier alpha value is -0.820. The first kappa shape index (κ1) is 14.6. The highest BCUT2D eigenvalue weighted by molar-refractivity contribution is 14.1. The van der Waals surface area contributed by atoms with Gasteiger partial charge in [0, 0.05) is 16.7 Å². The van der Waals surface area contributed by atoms with Gasteiger partial charge in [0.05, 0.1) is 12.3 Å². The highest BCUT2D eigenvalue weighted by Crippen LogP contribution is 2.33. The minimum absolute atomic E-state index is 0.00667. The summed E-state index contributed by atoms with van der Waals surface area (Å²) < 4.78 is 12.1. The summed E-state index contributed by atoms with van der Waals surface area (Å²) >= 11 is 2.23. The summed E-state index contributed by atoms with van der Waals surface area (Å²) in [7, 11) is 0. The van der Waals surface area contributed by atoms with E-state index in [2.05, 4.69) is 29.5 Å². The third kappa shape index (κ3) is 3.82. The van der Waals surface area contributed by atoms with Crippen LogP contribution < -0.4 is 9.64 Å². The first-order valence-electron chi connectivity index (χ1n) is 6.53. The number of anilines is 1. The number of hydrogen-bond acceptors (Lipinski definition) is 3. The summed E-state index contributed by atoms with van der Waals surface area (Å²) in [5.41, 5.74) is 0.843. The fraction of sp³-hybridized carbons (Fsp3) is 0.500. The zero-order valence-corrected chi connectivity index (χ0v) is 13.2. The molecule has 1 aliphatic heterocycles. The fourth-order valence-electron chi connectivity index (χ4n) is 1.93. The van der Waals surface area contributed by atoms with Crippen molar-refractivity contribution < 1.29 is 14.3 Å². The van der Waals surface area contributed by atoms with E-state index in [1.54, 1.807) is 4.90 Å². The normalized spacial score (nSPS) is 14.2. The maximum Gasteiger partial charge on any atom is 0.265 e. The van der Waals surface area contributed by atoms with Crippen LogP contribution in [-0.2, 0) is 9.53 Å². The average Bonchev–Trinajstić information content (AvgIpc) is 2.41. The zero-order chi connectivity index (χ0) is 13.7. The molecular weight excluding hydrogens is 357 g/mol. The van der Waals surface area contributed by atoms with E-state index in [0.29, 0.717) is 13.2 Å². The van der Waals surface area contributed by atoms with Crippen molar-refractivity contribution in [3.05, 3.63) is 21.8 Å². The van der Waals surface area contributed by atoms with Crippen molar-refractivity contribution >= 4 is 34.2 Å². The lowest BCUT2D eigenvalue weighted by Gasteiger charge is -2.29. The Morgan fingerprint density at radius 2 is 2.26 bits per heavy atom. The molecule has 0 spiro atoms. The molecule has 0 bridgehead atoms. The van der Waals surface area contributed by atoms with Crippen LogP contribution >= 0.6 is 22.6 Å². The fourth-order valence-corrected chi connectivity index (χ4v) is 2.39. The number of carbonyl (C=O) groups is 1. The predicted octanol–water partition coefficient (Wildman–Crippen LogP) is 2.83. The van der Waals surface area contributed by atoms with E-state index >= 15 is 0 Å². The number of carbonyl (C=O) groups excluding carboxylic acids is 1. The van der Waals surface area contributed by atoms with Gasteiger partial charge in [-0.05, 0) is 47.2 Å². The molecule has 104 valence electrons. The minimum atomic E-state index is -0.00667. The van der Waals surface area contributed by atoms with Crippen LogP contribution in [0.15, 0.2) is 18.2 Å². The summed E-state index contributed by atoms with van der Waals surface area (Å²) in [4.78, 5) is 13.7. The lowest BCUT2D eigenvalue weighted by atomic mass is 10.2. The third-order valence-electron chi connectivity index (χ3n) is 2.97. The smallest absolute Gasteiger partial charge is 0.265 e. The number of hydrogen-bond donors (Lipinski definition) is 0. The monoisotopic (exact) mass is 375 g/mol. The summed E-state index contributed by atoms with van der Waals surface area (Å²) in [6, 6.07) is 5.86. The molecule has 0 fully saturated rings. The molecular formula is C14H18INO3. The molecule has 1 aromatic carbocycles. The summed E-state index contributed by atoms with van der Waals surface area (Å²) in [6.45, 7) is 4.15. The highest BCUT2D eigenvalue weighted by Gasteiger charge is 2.25. The van der Waals surface area contributed by atoms with Crippen LogP contribution in [-0.4, -0.2) is 32.3 Å². The molecule has 0 unspecified atom stereocenters. The quantitative estimate of drug-likeness (QED) is 0.567. The Kier molecular flexibility index (Phi) is 5.45. The molecule has 0 aliphatic carbocycles. The first-order chi connectivity index (χ1) is 9.22. The molecule has 1 amide bonds. The van der Waals surface area contributed by atoms with E-state index in [0.717, 1.165) is 34.5 Å². The molecule has 4 nitrogen and oxygen atoms in total. The van der Waals surface area contributed by atoms with Gasteiger partial charge in [-0.1, -0.05) is 13.3 Å². The van der Waals surface area contributed by atoms with Crippen LogP contribution in [0.3, 0.4) is 0 Å². The molecule has 0 saturated heterocycles. The molecule has 0 aromatic heterocycles. The Bertz CT molecular complexity index is 450. The molecule has 0 N–H and O–H groups in total. The molecule has 0 atom stereocenters. The van der Waals surface area contributed by atoms with Crippen LogP contribution in [0.1, 0.15) is 19.8 Å². The van der Waals surface area contributed by atoms with Gasteiger partial charge in [0.15, 0.2) is 6.61 Å². The number of amides is 1. The maximum atomic E-state index is 11.9. The molecule has 0 saturated carbocycles. The van der Waals surface area contributed by atoms with Crippen LogP contribution in [0.2, 0.25) is 0 Å². The van der Waals surface area contributed by atoms with Crippen molar-refractivity contribution in [3.63, 3.8) is 0 Å². The number of rotatable bonds is 6. The second-order valence-electron chi connectivity index (χ2n) is 4.41. The molecule has 19 heavy (non-hydrogen) atoms. The van der Waals surface area contributed by atoms with E-state index in [9.17, 15) is 4.79 Å². The minimum Gasteiger partial charge on any atom is -0.482 e. The second kappa shape index (κ2) is 7.09. The van der Waals surface area contributed by atoms with Crippen molar-refractivity contribution in [1.82, 2.24) is 0 Å². The van der Waals surface area contributed by atoms with E-state index in [1.165, 1.54) is 0 Å². The number of halogens is 1. The van der Waals surface area contributed by atoms with Crippen LogP contribution in [0.4, 0.5) is 5.69 Å². The third-order valence-corrected chi connectivity index (χ3v) is 3.64. The van der Waals surface area contributed by atoms with Gasteiger partial charge >= 0.3 is 0 Å². The Labute approximate surface area is 127 Å². The summed E-state index contributed by atoms with van der Waals surface area (Å²) in [5.74, 6) is 0.771. The van der Waals surface area contributed by atoms with Crippen molar-refractivity contribution in [2.75, 3.05) is 31.3 Å². The lowest BCUT2D eigenvalue weighted by molar-refractivity contribution is -0.121. The number of fused-ring (bicyclic) bond motifs is 1. The Morgan fingerprint density at radius 1 is 1.42 bits per heavy atom. The van der Waals surface area contributed by atoms with Gasteiger partial charge in [0.25, 0.3) is 5.91 Å². The SMILES string of the molecule is CCCCOCCN1C(=O)COc2cc(I)ccc21. The van der Waals surface area contributed by atoms with Crippen molar-refractivity contribution in [3.8, 4) is 5.75 Å². The number of ether oxygens (including phenoxy) is 2. The molecule has 5 heteroatoms. The molecule has 0 radical (unpaired) electrons. The second-order valence-corrected chi connectivity index (χ2v) is 5.66. The van der Waals surface area contributed by atoms with Crippen LogP contribution in [0, 0.1) is 3.57 Å². The highest BCUT2D eigenvalue weighted by atomic mass is 127. The van der Waals surface area contributed by atoms with E-state index in [4.69, 9.17) is 9.47 Å². The standard InChI is InChI=1S/C14H18INO3/c1-2-3-7-18-8-6-16-12-5-4-11(15)9-13(12)19-10-14(16)17/h4-5,9H,2-3,6-8,10H2,1H3. The summed E-state index contributed by atoms with van der Waals surface area (Å²) in [5, 5.41) is 0. The van der Waals surface area contributed by atoms with Gasteiger partial charge in [-0.2, -0.15) is 0 Å². The molecule has 1 heterocycles. The largest absolute Gasteiger partial charge is 0.482 e. The van der Waals surface area contributed by atoms with E-state index < -0.39 is 0 Å². The molecule has 1 aromatic rings. The van der Waals surface area contributed by atoms with E-state index in [1.807, 2.05) is 18.2 Å². The van der Waals surface area contributed by atoms with Gasteiger partial charge in [0.2, 0.25) is 0 Å². The van der Waals surface area contributed by atoms with Crippen molar-refractivity contribution in [1.29, 1.82) is 0 Å². The molecule has 2 rings (SSSR count).